The van der Waals surface area contributed by atoms with E-state index in [4.69, 9.17) is 28.4 Å². The van der Waals surface area contributed by atoms with Crippen molar-refractivity contribution >= 4 is 5.91 Å². The Morgan fingerprint density at radius 3 is 1.37 bits per heavy atom. The van der Waals surface area contributed by atoms with E-state index < -0.39 is 131 Å². The van der Waals surface area contributed by atoms with Crippen LogP contribution in [0.2, 0.25) is 0 Å². The SMILES string of the molecule is CC/C=C\C/C=C\C/C=C\C/C=C\C/C=C\C/C=C\CCCCC(=O)NC(COC1OC(CO)C(OC2OC(CO)C(OC3OC(CO)C(O)C(O)C3O)C(O)C2O)C(O)C1O)C(O)/C=C/CC/C=C/CC/C=C/CCCCCCC. The van der Waals surface area contributed by atoms with Crippen LogP contribution in [0.3, 0.4) is 0 Å². The molecule has 0 aliphatic carbocycles. The van der Waals surface area contributed by atoms with Crippen LogP contribution in [-0.4, -0.2) is 193 Å². The van der Waals surface area contributed by atoms with Crippen LogP contribution in [0, 0.1) is 0 Å². The molecule has 17 unspecified atom stereocenters. The van der Waals surface area contributed by atoms with Gasteiger partial charge in [-0.05, 0) is 96.3 Å². The molecule has 0 aromatic rings. The molecular weight excluding hydrogens is 1050 g/mol. The van der Waals surface area contributed by atoms with E-state index in [1.54, 1.807) is 6.08 Å². The fraction of sp³-hybridized carbons (Fsp3) is 0.694. The number of carbonyl (C=O) groups is 1. The van der Waals surface area contributed by atoms with Gasteiger partial charge in [0, 0.05) is 6.42 Å². The van der Waals surface area contributed by atoms with Gasteiger partial charge >= 0.3 is 0 Å². The maximum Gasteiger partial charge on any atom is 0.220 e. The van der Waals surface area contributed by atoms with Gasteiger partial charge in [-0.2, -0.15) is 0 Å². The van der Waals surface area contributed by atoms with Gasteiger partial charge in [0.05, 0.1) is 38.6 Å². The first-order valence-corrected chi connectivity index (χ1v) is 29.6. The van der Waals surface area contributed by atoms with Crippen LogP contribution in [0.5, 0.6) is 0 Å². The van der Waals surface area contributed by atoms with Crippen molar-refractivity contribution in [2.24, 2.45) is 0 Å². The summed E-state index contributed by atoms with van der Waals surface area (Å²) >= 11 is 0. The predicted octanol–water partition coefficient (Wildman–Crippen LogP) is 5.14. The molecule has 0 aromatic heterocycles. The second-order valence-corrected chi connectivity index (χ2v) is 20.7. The Hall–Kier alpha value is -3.55. The van der Waals surface area contributed by atoms with E-state index >= 15 is 0 Å². The number of aliphatic hydroxyl groups is 11. The molecule has 19 nitrogen and oxygen atoms in total. The van der Waals surface area contributed by atoms with Gasteiger partial charge in [0.1, 0.15) is 73.2 Å². The van der Waals surface area contributed by atoms with E-state index in [-0.39, 0.29) is 12.3 Å². The Kier molecular flexibility index (Phi) is 39.0. The number of allylic oxidation sites excluding steroid dienone is 17. The lowest BCUT2D eigenvalue weighted by Gasteiger charge is -2.48. The van der Waals surface area contributed by atoms with E-state index in [1.165, 1.54) is 32.1 Å². The monoisotopic (exact) mass is 1150 g/mol. The summed E-state index contributed by atoms with van der Waals surface area (Å²) in [4.78, 5) is 13.3. The summed E-state index contributed by atoms with van der Waals surface area (Å²) in [5, 5.41) is 120. The van der Waals surface area contributed by atoms with Gasteiger partial charge in [-0.3, -0.25) is 4.79 Å². The summed E-state index contributed by atoms with van der Waals surface area (Å²) in [6.45, 7) is 1.49. The second-order valence-electron chi connectivity index (χ2n) is 20.7. The Morgan fingerprint density at radius 1 is 0.457 bits per heavy atom. The molecule has 0 bridgehead atoms. The van der Waals surface area contributed by atoms with Crippen molar-refractivity contribution in [1.82, 2.24) is 5.32 Å². The number of amides is 1. The standard InChI is InChI=1S/C62H101NO18/c1-3-5-7-9-11-13-15-17-19-20-21-22-23-24-26-28-30-32-34-36-38-40-50(68)63-45(46(67)39-37-35-33-31-29-27-25-18-16-14-12-10-8-6-4-2)44-76-60-56(74)53(71)58(48(42-65)78-60)81-62-57(75)54(72)59(49(43-66)79-62)80-61-55(73)52(70)51(69)47(41-64)77-61/h5,7,11,13,16-19,21-22,24,26,29-32,37,39,45-49,51-62,64-67,69-75H,3-4,6,8-10,12,14-15,20,23,25,27-28,33-36,38,40-44H2,1-2H3,(H,63,68)/b7-5-,13-11-,18-16+,19-17-,22-21-,26-24-,31-29+,32-30-,39-37+. The van der Waals surface area contributed by atoms with Crippen molar-refractivity contribution in [2.75, 3.05) is 26.4 Å². The van der Waals surface area contributed by atoms with E-state index in [0.29, 0.717) is 12.8 Å². The molecule has 3 fully saturated rings. The lowest BCUT2D eigenvalue weighted by molar-refractivity contribution is -0.379. The lowest BCUT2D eigenvalue weighted by Crippen LogP contribution is -2.66. The van der Waals surface area contributed by atoms with E-state index in [2.05, 4.69) is 116 Å². The van der Waals surface area contributed by atoms with Gasteiger partial charge in [-0.25, -0.2) is 0 Å². The van der Waals surface area contributed by atoms with Gasteiger partial charge in [0.2, 0.25) is 5.91 Å². The topological polar surface area (TPSA) is 307 Å². The Balaban J connectivity index is 1.54. The van der Waals surface area contributed by atoms with Gasteiger partial charge in [0.25, 0.3) is 0 Å². The first-order chi connectivity index (χ1) is 39.3. The lowest BCUT2D eigenvalue weighted by atomic mass is 9.96. The third-order valence-corrected chi connectivity index (χ3v) is 14.0. The number of aliphatic hydroxyl groups excluding tert-OH is 11. The first kappa shape index (κ1) is 71.7. The molecule has 19 heteroatoms. The van der Waals surface area contributed by atoms with E-state index in [0.717, 1.165) is 77.0 Å². The fourth-order valence-corrected chi connectivity index (χ4v) is 9.16. The summed E-state index contributed by atoms with van der Waals surface area (Å²) in [6, 6.07) is -1.03. The molecule has 3 aliphatic rings. The number of nitrogens with one attached hydrogen (secondary N) is 1. The van der Waals surface area contributed by atoms with Crippen molar-refractivity contribution < 1.29 is 89.4 Å². The summed E-state index contributed by atoms with van der Waals surface area (Å²) in [5.41, 5.74) is 0. The zero-order valence-corrected chi connectivity index (χ0v) is 48.0. The van der Waals surface area contributed by atoms with Gasteiger partial charge < -0.3 is 89.9 Å². The van der Waals surface area contributed by atoms with Crippen molar-refractivity contribution in [3.8, 4) is 0 Å². The van der Waals surface area contributed by atoms with E-state index in [1.807, 2.05) is 6.08 Å². The maximum absolute atomic E-state index is 13.3. The fourth-order valence-electron chi connectivity index (χ4n) is 9.16. The Bertz CT molecular complexity index is 1900. The highest BCUT2D eigenvalue weighted by Crippen LogP contribution is 2.33. The number of carbonyl (C=O) groups excluding carboxylic acids is 1. The summed E-state index contributed by atoms with van der Waals surface area (Å²) in [5.74, 6) is -0.339. The van der Waals surface area contributed by atoms with Crippen LogP contribution in [0.4, 0.5) is 0 Å². The molecule has 3 heterocycles. The molecule has 462 valence electrons. The number of ether oxygens (including phenoxy) is 6. The molecule has 3 aliphatic heterocycles. The largest absolute Gasteiger partial charge is 0.394 e. The Labute approximate surface area is 481 Å². The first-order valence-electron chi connectivity index (χ1n) is 29.6. The summed E-state index contributed by atoms with van der Waals surface area (Å²) in [7, 11) is 0. The van der Waals surface area contributed by atoms with Crippen LogP contribution in [0.1, 0.15) is 142 Å². The number of unbranched alkanes of at least 4 members (excludes halogenated alkanes) is 9. The van der Waals surface area contributed by atoms with Crippen molar-refractivity contribution in [3.63, 3.8) is 0 Å². The average molecular weight is 1150 g/mol. The van der Waals surface area contributed by atoms with Crippen molar-refractivity contribution in [1.29, 1.82) is 0 Å². The molecule has 81 heavy (non-hydrogen) atoms. The zero-order chi connectivity index (χ0) is 59.0. The molecule has 0 aromatic carbocycles. The number of rotatable bonds is 41. The van der Waals surface area contributed by atoms with Crippen LogP contribution in [0.15, 0.2) is 109 Å². The third kappa shape index (κ3) is 27.8. The van der Waals surface area contributed by atoms with Crippen LogP contribution < -0.4 is 5.32 Å². The van der Waals surface area contributed by atoms with Crippen molar-refractivity contribution in [2.45, 2.75) is 247 Å². The number of hydrogen-bond donors (Lipinski definition) is 12. The highest BCUT2D eigenvalue weighted by atomic mass is 16.8. The highest BCUT2D eigenvalue weighted by molar-refractivity contribution is 5.76. The van der Waals surface area contributed by atoms with Crippen LogP contribution in [0.25, 0.3) is 0 Å². The zero-order valence-electron chi connectivity index (χ0n) is 48.0. The minimum Gasteiger partial charge on any atom is -0.394 e. The molecule has 17 atom stereocenters. The molecule has 3 saturated heterocycles. The molecule has 12 N–H and O–H groups in total. The average Bonchev–Trinajstić information content (AvgIpc) is 3.46. The minimum atomic E-state index is -1.99. The Morgan fingerprint density at radius 2 is 0.864 bits per heavy atom. The molecular formula is C62H101NO18. The van der Waals surface area contributed by atoms with Gasteiger partial charge in [-0.15, -0.1) is 0 Å². The minimum absolute atomic E-state index is 0.170. The molecule has 0 spiro atoms. The van der Waals surface area contributed by atoms with Crippen LogP contribution in [-0.2, 0) is 33.2 Å². The van der Waals surface area contributed by atoms with Crippen LogP contribution >= 0.6 is 0 Å². The molecule has 1 amide bonds. The molecule has 3 rings (SSSR count). The summed E-state index contributed by atoms with van der Waals surface area (Å²) in [6.07, 6.45) is 29.3. The smallest absolute Gasteiger partial charge is 0.220 e. The molecule has 0 saturated carbocycles. The quantitative estimate of drug-likeness (QED) is 0.0278. The number of hydrogen-bond acceptors (Lipinski definition) is 18. The third-order valence-electron chi connectivity index (χ3n) is 14.0. The van der Waals surface area contributed by atoms with Gasteiger partial charge in [-0.1, -0.05) is 149 Å². The predicted molar refractivity (Wildman–Crippen MR) is 309 cm³/mol. The van der Waals surface area contributed by atoms with E-state index in [9.17, 15) is 61.0 Å². The summed E-state index contributed by atoms with van der Waals surface area (Å²) < 4.78 is 34.2. The molecule has 0 radical (unpaired) electrons. The highest BCUT2D eigenvalue weighted by Gasteiger charge is 2.53. The van der Waals surface area contributed by atoms with Crippen molar-refractivity contribution in [3.05, 3.63) is 109 Å². The maximum atomic E-state index is 13.3. The normalized spacial score (nSPS) is 30.6. The van der Waals surface area contributed by atoms with Gasteiger partial charge in [0.15, 0.2) is 18.9 Å². The second kappa shape index (κ2) is 44.0.